The van der Waals surface area contributed by atoms with E-state index in [-0.39, 0.29) is 18.1 Å². The van der Waals surface area contributed by atoms with Crippen LogP contribution < -0.4 is 5.32 Å². The van der Waals surface area contributed by atoms with Crippen LogP contribution in [0.1, 0.15) is 16.9 Å². The van der Waals surface area contributed by atoms with E-state index in [0.717, 1.165) is 16.7 Å². The lowest BCUT2D eigenvalue weighted by atomic mass is 10.1. The van der Waals surface area contributed by atoms with Gasteiger partial charge in [0.1, 0.15) is 17.2 Å². The molecule has 1 N–H and O–H groups in total. The van der Waals surface area contributed by atoms with Crippen molar-refractivity contribution in [2.75, 3.05) is 0 Å². The zero-order chi connectivity index (χ0) is 19.7. The van der Waals surface area contributed by atoms with Crippen molar-refractivity contribution in [3.63, 3.8) is 0 Å². The van der Waals surface area contributed by atoms with E-state index in [0.29, 0.717) is 16.5 Å². The summed E-state index contributed by atoms with van der Waals surface area (Å²) in [7, 11) is 0. The Morgan fingerprint density at radius 3 is 2.61 bits per heavy atom. The van der Waals surface area contributed by atoms with Crippen LogP contribution in [-0.4, -0.2) is 16.8 Å². The number of nitrogens with one attached hydrogen (secondary N) is 1. The number of hydrogen-bond acceptors (Lipinski definition) is 3. The highest BCUT2D eigenvalue weighted by Crippen LogP contribution is 2.26. The smallest absolute Gasteiger partial charge is 0.329 e. The molecule has 3 aromatic rings. The summed E-state index contributed by atoms with van der Waals surface area (Å²) in [6.07, 6.45) is 1.53. The average molecular weight is 393 g/mol. The van der Waals surface area contributed by atoms with E-state index in [2.05, 4.69) is 5.32 Å². The zero-order valence-electron chi connectivity index (χ0n) is 15.1. The molecule has 0 spiro atoms. The van der Waals surface area contributed by atoms with E-state index in [1.807, 2.05) is 43.3 Å². The van der Waals surface area contributed by atoms with Crippen molar-refractivity contribution < 1.29 is 14.0 Å². The van der Waals surface area contributed by atoms with Gasteiger partial charge in [0.2, 0.25) is 0 Å². The second kappa shape index (κ2) is 7.37. The third-order valence-corrected chi connectivity index (χ3v) is 4.68. The fraction of sp³-hybridized carbons (Fsp3) is 0.0909. The summed E-state index contributed by atoms with van der Waals surface area (Å²) in [5.74, 6) is 0.713. The molecule has 140 valence electrons. The monoisotopic (exact) mass is 392 g/mol. The Kier molecular flexibility index (Phi) is 4.75. The first-order valence-electron chi connectivity index (χ1n) is 8.75. The third kappa shape index (κ3) is 3.70. The number of halogens is 1. The van der Waals surface area contributed by atoms with Crippen LogP contribution in [0.15, 0.2) is 70.8 Å². The molecular formula is C22H17ClN2O3. The Labute approximate surface area is 167 Å². The molecule has 4 rings (SSSR count). The van der Waals surface area contributed by atoms with Gasteiger partial charge in [-0.1, -0.05) is 53.6 Å². The number of amides is 3. The van der Waals surface area contributed by atoms with Crippen molar-refractivity contribution in [3.05, 3.63) is 88.3 Å². The van der Waals surface area contributed by atoms with E-state index in [1.54, 1.807) is 24.3 Å². The van der Waals surface area contributed by atoms with Gasteiger partial charge in [-0.15, -0.1) is 0 Å². The SMILES string of the molecule is Cc1ccc(CN2C(=O)NC(=Cc3ccc(-c4cccc(Cl)c4)o3)C2=O)cc1. The van der Waals surface area contributed by atoms with Crippen LogP contribution in [0, 0.1) is 6.92 Å². The maximum Gasteiger partial charge on any atom is 0.329 e. The van der Waals surface area contributed by atoms with Crippen molar-refractivity contribution in [2.45, 2.75) is 13.5 Å². The van der Waals surface area contributed by atoms with E-state index < -0.39 is 6.03 Å². The molecule has 2 aromatic carbocycles. The lowest BCUT2D eigenvalue weighted by Gasteiger charge is -2.11. The summed E-state index contributed by atoms with van der Waals surface area (Å²) in [6, 6.07) is 18.1. The minimum atomic E-state index is -0.446. The molecule has 1 aliphatic heterocycles. The Hall–Kier alpha value is -3.31. The molecule has 28 heavy (non-hydrogen) atoms. The van der Waals surface area contributed by atoms with Crippen molar-refractivity contribution >= 4 is 29.6 Å². The largest absolute Gasteiger partial charge is 0.457 e. The number of nitrogens with zero attached hydrogens (tertiary/aromatic N) is 1. The molecule has 0 bridgehead atoms. The van der Waals surface area contributed by atoms with Crippen molar-refractivity contribution in [1.29, 1.82) is 0 Å². The molecule has 3 amide bonds. The summed E-state index contributed by atoms with van der Waals surface area (Å²) in [5.41, 5.74) is 3.02. The summed E-state index contributed by atoms with van der Waals surface area (Å²) in [5, 5.41) is 3.22. The Balaban J connectivity index is 1.53. The van der Waals surface area contributed by atoms with E-state index in [4.69, 9.17) is 16.0 Å². The van der Waals surface area contributed by atoms with Crippen LogP contribution in [0.4, 0.5) is 4.79 Å². The Bertz CT molecular complexity index is 1080. The fourth-order valence-electron chi connectivity index (χ4n) is 2.96. The van der Waals surface area contributed by atoms with Gasteiger partial charge in [0.25, 0.3) is 5.91 Å². The highest BCUT2D eigenvalue weighted by Gasteiger charge is 2.33. The predicted molar refractivity (Wildman–Crippen MR) is 107 cm³/mol. The second-order valence-corrected chi connectivity index (χ2v) is 7.01. The molecule has 2 heterocycles. The molecule has 0 saturated carbocycles. The van der Waals surface area contributed by atoms with Crippen molar-refractivity contribution in [2.24, 2.45) is 0 Å². The highest BCUT2D eigenvalue weighted by molar-refractivity contribution is 6.30. The van der Waals surface area contributed by atoms with Crippen molar-refractivity contribution in [1.82, 2.24) is 10.2 Å². The van der Waals surface area contributed by atoms with Gasteiger partial charge in [0, 0.05) is 16.7 Å². The lowest BCUT2D eigenvalue weighted by molar-refractivity contribution is -0.123. The molecule has 1 aliphatic rings. The molecule has 5 nitrogen and oxygen atoms in total. The maximum absolute atomic E-state index is 12.6. The quantitative estimate of drug-likeness (QED) is 0.502. The van der Waals surface area contributed by atoms with Crippen LogP contribution in [0.3, 0.4) is 0 Å². The van der Waals surface area contributed by atoms with Crippen molar-refractivity contribution in [3.8, 4) is 11.3 Å². The van der Waals surface area contributed by atoms with Crippen LogP contribution in [0.2, 0.25) is 5.02 Å². The molecule has 1 saturated heterocycles. The molecule has 1 fully saturated rings. The zero-order valence-corrected chi connectivity index (χ0v) is 15.9. The molecule has 0 atom stereocenters. The van der Waals surface area contributed by atoms with Gasteiger partial charge in [-0.05, 0) is 36.8 Å². The average Bonchev–Trinajstić information content (AvgIpc) is 3.24. The number of hydrogen-bond donors (Lipinski definition) is 1. The summed E-state index contributed by atoms with van der Waals surface area (Å²) < 4.78 is 5.78. The molecule has 6 heteroatoms. The standard InChI is InChI=1S/C22H17ClN2O3/c1-14-5-7-15(8-6-14)13-25-21(26)19(24-22(25)27)12-18-9-10-20(28-18)16-3-2-4-17(23)11-16/h2-12H,13H2,1H3,(H,24,27). The highest BCUT2D eigenvalue weighted by atomic mass is 35.5. The number of benzene rings is 2. The van der Waals surface area contributed by atoms with Crippen LogP contribution in [0.25, 0.3) is 17.4 Å². The number of imide groups is 1. The van der Waals surface area contributed by atoms with Gasteiger partial charge in [-0.25, -0.2) is 4.79 Å². The normalized spacial score (nSPS) is 15.4. The molecule has 0 aliphatic carbocycles. The van der Waals surface area contributed by atoms with Crippen LogP contribution >= 0.6 is 11.6 Å². The predicted octanol–water partition coefficient (Wildman–Crippen LogP) is 5.00. The topological polar surface area (TPSA) is 62.6 Å². The van der Waals surface area contributed by atoms with Gasteiger partial charge < -0.3 is 9.73 Å². The molecular weight excluding hydrogens is 376 g/mol. The molecule has 1 aromatic heterocycles. The number of rotatable bonds is 4. The first-order chi connectivity index (χ1) is 13.5. The Morgan fingerprint density at radius 2 is 1.86 bits per heavy atom. The summed E-state index contributed by atoms with van der Waals surface area (Å²) in [4.78, 5) is 26.0. The molecule has 0 unspecified atom stereocenters. The third-order valence-electron chi connectivity index (χ3n) is 4.45. The van der Waals surface area contributed by atoms with Crippen LogP contribution in [-0.2, 0) is 11.3 Å². The number of aryl methyl sites for hydroxylation is 1. The number of carbonyl (C=O) groups excluding carboxylic acids is 2. The summed E-state index contributed by atoms with van der Waals surface area (Å²) >= 11 is 6.01. The Morgan fingerprint density at radius 1 is 1.07 bits per heavy atom. The van der Waals surface area contributed by atoms with Gasteiger partial charge in [-0.3, -0.25) is 9.69 Å². The second-order valence-electron chi connectivity index (χ2n) is 6.58. The molecule has 0 radical (unpaired) electrons. The van der Waals surface area contributed by atoms with Gasteiger partial charge in [0.05, 0.1) is 6.54 Å². The summed E-state index contributed by atoms with van der Waals surface area (Å²) in [6.45, 7) is 2.20. The first kappa shape index (κ1) is 18.1. The number of urea groups is 1. The maximum atomic E-state index is 12.6. The van der Waals surface area contributed by atoms with Gasteiger partial charge in [0.15, 0.2) is 0 Å². The minimum absolute atomic E-state index is 0.184. The number of furan rings is 1. The number of carbonyl (C=O) groups is 2. The minimum Gasteiger partial charge on any atom is -0.457 e. The van der Waals surface area contributed by atoms with E-state index in [1.165, 1.54) is 11.0 Å². The van der Waals surface area contributed by atoms with E-state index >= 15 is 0 Å². The lowest BCUT2D eigenvalue weighted by Crippen LogP contribution is -2.30. The van der Waals surface area contributed by atoms with Gasteiger partial charge >= 0.3 is 6.03 Å². The van der Waals surface area contributed by atoms with Crippen LogP contribution in [0.5, 0.6) is 0 Å². The fourth-order valence-corrected chi connectivity index (χ4v) is 3.15. The van der Waals surface area contributed by atoms with E-state index in [9.17, 15) is 9.59 Å². The van der Waals surface area contributed by atoms with Gasteiger partial charge in [-0.2, -0.15) is 0 Å². The first-order valence-corrected chi connectivity index (χ1v) is 9.13.